The molecule has 0 spiro atoms. The second-order valence-electron chi connectivity index (χ2n) is 15.6. The van der Waals surface area contributed by atoms with Gasteiger partial charge in [0.15, 0.2) is 0 Å². The molecule has 0 saturated heterocycles. The zero-order chi connectivity index (χ0) is 34.6. The molecule has 2 aromatic heterocycles. The molecule has 4 bridgehead atoms. The van der Waals surface area contributed by atoms with Crippen LogP contribution in [0.5, 0.6) is 0 Å². The number of nitriles is 1. The predicted octanol–water partition coefficient (Wildman–Crippen LogP) is 12.0. The summed E-state index contributed by atoms with van der Waals surface area (Å²) in [4.78, 5) is 4.25. The fraction of sp³-hybridized carbons (Fsp3) is 0.208. The van der Waals surface area contributed by atoms with E-state index in [0.29, 0.717) is 23.1 Å². The zero-order valence-electron chi connectivity index (χ0n) is 28.8. The quantitative estimate of drug-likeness (QED) is 0.172. The van der Waals surface area contributed by atoms with E-state index in [1.54, 1.807) is 0 Å². The standard InChI is InChI=1S/C48H36N4/c1-50-41-28-34(19-21-47(41)52-45-16-8-4-12-39(45)40-13-5-9-17-46(40)52)48(35-23-30-22-31(25-35)26-36(48)24-30)33-18-20-42(32(27-33)29-49)51-43-14-6-2-10-37(43)38-11-3-7-15-44(38)51/h2-21,27-28,30-31,35-36H,22-26H2. The largest absolute Gasteiger partial charge is 0.319 e. The van der Waals surface area contributed by atoms with Crippen LogP contribution in [-0.4, -0.2) is 9.13 Å². The minimum atomic E-state index is -0.253. The molecule has 0 aliphatic heterocycles. The lowest BCUT2D eigenvalue weighted by molar-refractivity contribution is -0.0418. The zero-order valence-corrected chi connectivity index (χ0v) is 28.8. The van der Waals surface area contributed by atoms with Gasteiger partial charge in [-0.2, -0.15) is 5.26 Å². The molecule has 8 aromatic rings. The topological polar surface area (TPSA) is 38.0 Å². The van der Waals surface area contributed by atoms with Gasteiger partial charge in [0.1, 0.15) is 6.07 Å². The fourth-order valence-corrected chi connectivity index (χ4v) is 11.5. The maximum atomic E-state index is 10.9. The van der Waals surface area contributed by atoms with Crippen LogP contribution in [-0.2, 0) is 5.41 Å². The smallest absolute Gasteiger partial charge is 0.210 e. The summed E-state index contributed by atoms with van der Waals surface area (Å²) in [7, 11) is 0. The normalized spacial score (nSPS) is 23.4. The number of hydrogen-bond donors (Lipinski definition) is 0. The van der Waals surface area contributed by atoms with E-state index < -0.39 is 0 Å². The number of nitrogens with zero attached hydrogens (tertiary/aromatic N) is 4. The summed E-state index contributed by atoms with van der Waals surface area (Å²) in [6.07, 6.45) is 6.22. The first-order valence-corrected chi connectivity index (χ1v) is 18.7. The van der Waals surface area contributed by atoms with E-state index in [0.717, 1.165) is 45.3 Å². The van der Waals surface area contributed by atoms with E-state index in [-0.39, 0.29) is 5.41 Å². The lowest BCUT2D eigenvalue weighted by Gasteiger charge is -2.62. The molecule has 4 saturated carbocycles. The van der Waals surface area contributed by atoms with E-state index in [9.17, 15) is 5.26 Å². The minimum absolute atomic E-state index is 0.253. The Morgan fingerprint density at radius 3 is 1.42 bits per heavy atom. The maximum absolute atomic E-state index is 10.9. The first-order chi connectivity index (χ1) is 25.7. The molecular weight excluding hydrogens is 633 g/mol. The monoisotopic (exact) mass is 668 g/mol. The van der Waals surface area contributed by atoms with Crippen LogP contribution in [0.2, 0.25) is 0 Å². The summed E-state index contributed by atoms with van der Waals surface area (Å²) >= 11 is 0. The lowest BCUT2D eigenvalue weighted by Crippen LogP contribution is -2.56. The molecule has 0 radical (unpaired) electrons. The van der Waals surface area contributed by atoms with Crippen LogP contribution in [0.4, 0.5) is 5.69 Å². The molecule has 0 unspecified atom stereocenters. The molecule has 4 fully saturated rings. The molecule has 52 heavy (non-hydrogen) atoms. The van der Waals surface area contributed by atoms with Gasteiger partial charge in [-0.25, -0.2) is 4.85 Å². The Kier molecular flexibility index (Phi) is 6.24. The van der Waals surface area contributed by atoms with Crippen molar-refractivity contribution in [2.24, 2.45) is 23.7 Å². The van der Waals surface area contributed by atoms with E-state index in [4.69, 9.17) is 6.57 Å². The molecule has 4 heteroatoms. The molecule has 6 aromatic carbocycles. The molecule has 0 N–H and O–H groups in total. The molecule has 4 aliphatic carbocycles. The van der Waals surface area contributed by atoms with Crippen LogP contribution in [0.1, 0.15) is 48.8 Å². The highest BCUT2D eigenvalue weighted by Gasteiger charge is 2.58. The maximum Gasteiger partial charge on any atom is 0.210 e. The number of aromatic nitrogens is 2. The van der Waals surface area contributed by atoms with E-state index in [1.807, 2.05) is 0 Å². The van der Waals surface area contributed by atoms with Crippen LogP contribution >= 0.6 is 0 Å². The van der Waals surface area contributed by atoms with Gasteiger partial charge in [0.2, 0.25) is 5.69 Å². The first kappa shape index (κ1) is 29.6. The van der Waals surface area contributed by atoms with Gasteiger partial charge in [-0.15, -0.1) is 0 Å². The molecule has 4 nitrogen and oxygen atoms in total. The first-order valence-electron chi connectivity index (χ1n) is 18.7. The van der Waals surface area contributed by atoms with Crippen molar-refractivity contribution in [3.05, 3.63) is 162 Å². The molecule has 4 aliphatic rings. The Hall–Kier alpha value is -6.10. The van der Waals surface area contributed by atoms with Gasteiger partial charge < -0.3 is 9.13 Å². The highest BCUT2D eigenvalue weighted by Crippen LogP contribution is 2.65. The Balaban J connectivity index is 1.13. The summed E-state index contributed by atoms with van der Waals surface area (Å²) in [6, 6.07) is 50.3. The van der Waals surface area contributed by atoms with Crippen molar-refractivity contribution in [2.75, 3.05) is 0 Å². The summed E-state index contributed by atoms with van der Waals surface area (Å²) in [5, 5.41) is 15.7. The molecule has 0 amide bonds. The van der Waals surface area contributed by atoms with Crippen molar-refractivity contribution in [3.63, 3.8) is 0 Å². The Morgan fingerprint density at radius 2 is 0.962 bits per heavy atom. The van der Waals surface area contributed by atoms with Gasteiger partial charge in [-0.1, -0.05) is 91.0 Å². The van der Waals surface area contributed by atoms with Crippen LogP contribution in [0.15, 0.2) is 133 Å². The SMILES string of the molecule is [C-]#[N+]c1cc(C2(c3ccc(-n4c5ccccc5c5ccccc54)c(C#N)c3)C3CC4CC(C3)CC2C4)ccc1-n1c2ccccc2c2ccccc21. The van der Waals surface area contributed by atoms with Crippen molar-refractivity contribution in [1.82, 2.24) is 9.13 Å². The van der Waals surface area contributed by atoms with E-state index in [1.165, 1.54) is 64.8 Å². The summed E-state index contributed by atoms with van der Waals surface area (Å²) in [5.74, 6) is 2.51. The van der Waals surface area contributed by atoms with Crippen molar-refractivity contribution in [2.45, 2.75) is 37.5 Å². The minimum Gasteiger partial charge on any atom is -0.319 e. The number of fused-ring (bicyclic) bond motifs is 6. The van der Waals surface area contributed by atoms with Gasteiger partial charge in [0, 0.05) is 27.0 Å². The summed E-state index contributed by atoms with van der Waals surface area (Å²) in [5.41, 5.74) is 9.91. The average molecular weight is 669 g/mol. The van der Waals surface area contributed by atoms with Gasteiger partial charge in [-0.3, -0.25) is 0 Å². The highest BCUT2D eigenvalue weighted by molar-refractivity contribution is 6.10. The van der Waals surface area contributed by atoms with Gasteiger partial charge in [0.25, 0.3) is 0 Å². The van der Waals surface area contributed by atoms with Crippen molar-refractivity contribution >= 4 is 49.3 Å². The Bertz CT molecular complexity index is 2540. The van der Waals surface area contributed by atoms with Gasteiger partial charge in [-0.05, 0) is 109 Å². The van der Waals surface area contributed by atoms with Crippen LogP contribution in [0.3, 0.4) is 0 Å². The third-order valence-electron chi connectivity index (χ3n) is 13.2. The lowest BCUT2D eigenvalue weighted by atomic mass is 9.42. The predicted molar refractivity (Wildman–Crippen MR) is 210 cm³/mol. The molecule has 2 heterocycles. The van der Waals surface area contributed by atoms with Crippen LogP contribution in [0.25, 0.3) is 59.8 Å². The average Bonchev–Trinajstić information content (AvgIpc) is 3.70. The van der Waals surface area contributed by atoms with Gasteiger partial charge in [0.05, 0.1) is 45.6 Å². The van der Waals surface area contributed by atoms with Crippen LogP contribution < -0.4 is 0 Å². The van der Waals surface area contributed by atoms with Crippen molar-refractivity contribution < 1.29 is 0 Å². The Labute approximate surface area is 303 Å². The fourth-order valence-electron chi connectivity index (χ4n) is 11.5. The van der Waals surface area contributed by atoms with Crippen molar-refractivity contribution in [1.29, 1.82) is 5.26 Å². The number of rotatable bonds is 4. The molecule has 0 atom stereocenters. The third-order valence-corrected chi connectivity index (χ3v) is 13.2. The molecular formula is C48H36N4. The van der Waals surface area contributed by atoms with E-state index >= 15 is 0 Å². The highest BCUT2D eigenvalue weighted by atomic mass is 15.0. The number of benzene rings is 6. The second kappa shape index (κ2) is 10.9. The molecule has 248 valence electrons. The summed E-state index contributed by atoms with van der Waals surface area (Å²) in [6.45, 7) is 8.55. The number of para-hydroxylation sites is 4. The van der Waals surface area contributed by atoms with Crippen LogP contribution in [0, 0.1) is 41.6 Å². The molecule has 12 rings (SSSR count). The van der Waals surface area contributed by atoms with E-state index in [2.05, 4.69) is 154 Å². The van der Waals surface area contributed by atoms with Crippen molar-refractivity contribution in [3.8, 4) is 17.4 Å². The Morgan fingerprint density at radius 1 is 0.538 bits per heavy atom. The second-order valence-corrected chi connectivity index (χ2v) is 15.6. The third kappa shape index (κ3) is 3.90. The summed E-state index contributed by atoms with van der Waals surface area (Å²) < 4.78 is 4.55. The van der Waals surface area contributed by atoms with Gasteiger partial charge >= 0.3 is 0 Å². The number of hydrogen-bond acceptors (Lipinski definition) is 1.